The van der Waals surface area contributed by atoms with Crippen LogP contribution in [0.1, 0.15) is 0 Å². The zero-order valence-electron chi connectivity index (χ0n) is 14.0. The Balaban J connectivity index is 1.79. The maximum Gasteiger partial charge on any atom is 0.207 e. The molecule has 5 nitrogen and oxygen atoms in total. The van der Waals surface area contributed by atoms with Gasteiger partial charge in [-0.2, -0.15) is 4.68 Å². The summed E-state index contributed by atoms with van der Waals surface area (Å²) in [5.74, 6) is 0.879. The molecule has 1 saturated heterocycles. The van der Waals surface area contributed by atoms with Gasteiger partial charge in [-0.3, -0.25) is 4.57 Å². The zero-order valence-corrected chi connectivity index (χ0v) is 14.8. The Morgan fingerprint density at radius 2 is 1.60 bits per heavy atom. The van der Waals surface area contributed by atoms with Crippen molar-refractivity contribution in [1.29, 1.82) is 0 Å². The van der Waals surface area contributed by atoms with Gasteiger partial charge in [-0.1, -0.05) is 48.5 Å². The van der Waals surface area contributed by atoms with E-state index < -0.39 is 0 Å². The van der Waals surface area contributed by atoms with Crippen molar-refractivity contribution in [3.63, 3.8) is 0 Å². The van der Waals surface area contributed by atoms with Crippen molar-refractivity contribution in [2.75, 3.05) is 26.3 Å². The van der Waals surface area contributed by atoms with Crippen LogP contribution in [0.5, 0.6) is 0 Å². The molecule has 0 unspecified atom stereocenters. The maximum atomic E-state index is 5.78. The number of para-hydroxylation sites is 1. The third kappa shape index (κ3) is 3.42. The Hall–Kier alpha value is -2.28. The summed E-state index contributed by atoms with van der Waals surface area (Å²) in [7, 11) is 0. The summed E-state index contributed by atoms with van der Waals surface area (Å²) >= 11 is 5.78. The topological polar surface area (TPSA) is 36.4 Å². The van der Waals surface area contributed by atoms with Gasteiger partial charge in [0, 0.05) is 11.3 Å². The normalized spacial score (nSPS) is 15.4. The summed E-state index contributed by atoms with van der Waals surface area (Å²) in [6, 6.07) is 20.4. The Bertz CT molecular complexity index is 883. The molecule has 2 heterocycles. The molecule has 0 aliphatic carbocycles. The minimum absolute atomic E-state index is 0.726. The highest BCUT2D eigenvalue weighted by atomic mass is 32.1. The standard InChI is InChI=1S/C19H20N4OS/c25-19-22(15-21-11-13-24-14-12-21)20-18(16-7-3-1-4-8-16)23(19)17-9-5-2-6-10-17/h1-10H,11-15H2/p+1. The fraction of sp³-hybridized carbons (Fsp3) is 0.263. The molecule has 0 saturated carbocycles. The monoisotopic (exact) mass is 353 g/mol. The van der Waals surface area contributed by atoms with Crippen LogP contribution in [0.2, 0.25) is 0 Å². The first kappa shape index (κ1) is 16.2. The maximum absolute atomic E-state index is 5.78. The van der Waals surface area contributed by atoms with Crippen LogP contribution in [0.4, 0.5) is 0 Å². The van der Waals surface area contributed by atoms with Crippen molar-refractivity contribution in [3.05, 3.63) is 65.4 Å². The molecule has 0 atom stereocenters. The van der Waals surface area contributed by atoms with E-state index in [9.17, 15) is 0 Å². The summed E-state index contributed by atoms with van der Waals surface area (Å²) in [5, 5.41) is 4.86. The molecule has 4 rings (SSSR count). The lowest BCUT2D eigenvalue weighted by molar-refractivity contribution is -0.930. The van der Waals surface area contributed by atoms with Crippen molar-refractivity contribution in [2.45, 2.75) is 6.67 Å². The Labute approximate surface area is 152 Å². The number of hydrogen-bond acceptors (Lipinski definition) is 3. The van der Waals surface area contributed by atoms with Gasteiger partial charge in [0.05, 0.1) is 13.2 Å². The highest BCUT2D eigenvalue weighted by Crippen LogP contribution is 2.22. The summed E-state index contributed by atoms with van der Waals surface area (Å²) < 4.78 is 10.2. The molecular formula is C19H21N4OS+. The highest BCUT2D eigenvalue weighted by Gasteiger charge is 2.19. The minimum Gasteiger partial charge on any atom is -0.370 e. The van der Waals surface area contributed by atoms with Gasteiger partial charge >= 0.3 is 0 Å². The molecule has 0 radical (unpaired) electrons. The fourth-order valence-corrected chi connectivity index (χ4v) is 3.42. The zero-order chi connectivity index (χ0) is 17.1. The molecule has 1 aromatic heterocycles. The molecule has 1 fully saturated rings. The number of aromatic nitrogens is 3. The van der Waals surface area contributed by atoms with Gasteiger partial charge in [0.2, 0.25) is 4.77 Å². The van der Waals surface area contributed by atoms with Crippen LogP contribution in [0.25, 0.3) is 17.1 Å². The van der Waals surface area contributed by atoms with Crippen LogP contribution in [-0.4, -0.2) is 40.7 Å². The van der Waals surface area contributed by atoms with Crippen molar-refractivity contribution in [1.82, 2.24) is 14.3 Å². The first-order valence-corrected chi connectivity index (χ1v) is 8.96. The van der Waals surface area contributed by atoms with E-state index in [1.54, 1.807) is 0 Å². The summed E-state index contributed by atoms with van der Waals surface area (Å²) in [6.07, 6.45) is 0. The second kappa shape index (κ2) is 7.31. The summed E-state index contributed by atoms with van der Waals surface area (Å²) in [5.41, 5.74) is 2.10. The average molecular weight is 353 g/mol. The first-order chi connectivity index (χ1) is 12.3. The Kier molecular flexibility index (Phi) is 4.74. The number of rotatable bonds is 4. The molecule has 0 amide bonds. The number of benzene rings is 2. The van der Waals surface area contributed by atoms with E-state index in [1.807, 2.05) is 41.1 Å². The third-order valence-corrected chi connectivity index (χ3v) is 4.85. The second-order valence-electron chi connectivity index (χ2n) is 6.16. The number of nitrogens with one attached hydrogen (secondary N) is 1. The van der Waals surface area contributed by atoms with Crippen LogP contribution in [0, 0.1) is 4.77 Å². The van der Waals surface area contributed by atoms with Gasteiger partial charge in [-0.25, -0.2) is 0 Å². The van der Waals surface area contributed by atoms with Gasteiger partial charge in [0.1, 0.15) is 13.1 Å². The lowest BCUT2D eigenvalue weighted by Gasteiger charge is -2.23. The van der Waals surface area contributed by atoms with Crippen molar-refractivity contribution < 1.29 is 9.64 Å². The number of quaternary nitrogens is 1. The molecule has 3 aromatic rings. The van der Waals surface area contributed by atoms with E-state index in [2.05, 4.69) is 28.8 Å². The number of hydrogen-bond donors (Lipinski definition) is 1. The van der Waals surface area contributed by atoms with E-state index in [1.165, 1.54) is 4.90 Å². The molecule has 1 aliphatic heterocycles. The lowest BCUT2D eigenvalue weighted by atomic mass is 10.2. The fourth-order valence-electron chi connectivity index (χ4n) is 3.12. The number of nitrogens with zero attached hydrogens (tertiary/aromatic N) is 3. The summed E-state index contributed by atoms with van der Waals surface area (Å²) in [4.78, 5) is 1.44. The van der Waals surface area contributed by atoms with Gasteiger partial charge in [0.15, 0.2) is 12.5 Å². The molecular weight excluding hydrogens is 332 g/mol. The van der Waals surface area contributed by atoms with E-state index in [4.69, 9.17) is 22.1 Å². The van der Waals surface area contributed by atoms with Crippen molar-refractivity contribution in [3.8, 4) is 17.1 Å². The number of ether oxygens (including phenoxy) is 1. The van der Waals surface area contributed by atoms with Crippen LogP contribution in [-0.2, 0) is 11.4 Å². The van der Waals surface area contributed by atoms with Gasteiger partial charge in [-0.15, -0.1) is 5.10 Å². The van der Waals surface area contributed by atoms with Gasteiger partial charge in [-0.05, 0) is 24.4 Å². The molecule has 1 aliphatic rings. The van der Waals surface area contributed by atoms with E-state index in [0.717, 1.165) is 54.8 Å². The first-order valence-electron chi connectivity index (χ1n) is 8.55. The SMILES string of the molecule is S=c1n(C[NH+]2CCOCC2)nc(-c2ccccc2)n1-c1ccccc1. The van der Waals surface area contributed by atoms with E-state index in [-0.39, 0.29) is 0 Å². The quantitative estimate of drug-likeness (QED) is 0.729. The Morgan fingerprint density at radius 3 is 2.28 bits per heavy atom. The van der Waals surface area contributed by atoms with E-state index >= 15 is 0 Å². The van der Waals surface area contributed by atoms with Crippen LogP contribution < -0.4 is 4.90 Å². The molecule has 1 N–H and O–H groups in total. The molecule has 2 aromatic carbocycles. The molecule has 0 bridgehead atoms. The molecule has 6 heteroatoms. The second-order valence-corrected chi connectivity index (χ2v) is 6.53. The Morgan fingerprint density at radius 1 is 0.960 bits per heavy atom. The molecule has 25 heavy (non-hydrogen) atoms. The van der Waals surface area contributed by atoms with Gasteiger partial charge in [0.25, 0.3) is 0 Å². The summed E-state index contributed by atoms with van der Waals surface area (Å²) in [6.45, 7) is 4.34. The number of morpholine rings is 1. The largest absolute Gasteiger partial charge is 0.370 e. The average Bonchev–Trinajstić information content (AvgIpc) is 3.00. The van der Waals surface area contributed by atoms with Crippen molar-refractivity contribution >= 4 is 12.2 Å². The van der Waals surface area contributed by atoms with E-state index in [0.29, 0.717) is 0 Å². The predicted molar refractivity (Wildman–Crippen MR) is 99.3 cm³/mol. The van der Waals surface area contributed by atoms with Crippen LogP contribution >= 0.6 is 12.2 Å². The van der Waals surface area contributed by atoms with Gasteiger partial charge < -0.3 is 9.64 Å². The highest BCUT2D eigenvalue weighted by molar-refractivity contribution is 7.71. The smallest absolute Gasteiger partial charge is 0.207 e. The predicted octanol–water partition coefficient (Wildman–Crippen LogP) is 1.94. The third-order valence-electron chi connectivity index (χ3n) is 4.46. The van der Waals surface area contributed by atoms with Crippen molar-refractivity contribution in [2.24, 2.45) is 0 Å². The van der Waals surface area contributed by atoms with Crippen LogP contribution in [0.3, 0.4) is 0 Å². The molecule has 128 valence electrons. The lowest BCUT2D eigenvalue weighted by Crippen LogP contribution is -3.13. The molecule has 0 spiro atoms. The van der Waals surface area contributed by atoms with Crippen LogP contribution in [0.15, 0.2) is 60.7 Å². The minimum atomic E-state index is 0.726.